The number of Topliss-reactive ketones (excluding diaryl/α,β-unsaturated/α-hetero) is 1. The minimum absolute atomic E-state index is 0.0565. The Hall–Kier alpha value is -1.64. The molecule has 1 heterocycles. The topological polar surface area (TPSA) is 46.2 Å². The van der Waals surface area contributed by atoms with Crippen molar-refractivity contribution in [3.8, 4) is 0 Å². The summed E-state index contributed by atoms with van der Waals surface area (Å²) in [6, 6.07) is 5.67. The Morgan fingerprint density at radius 3 is 2.40 bits per heavy atom. The lowest BCUT2D eigenvalue weighted by Gasteiger charge is -2.17. The lowest BCUT2D eigenvalue weighted by atomic mass is 9.95. The van der Waals surface area contributed by atoms with Crippen molar-refractivity contribution < 1.29 is 9.59 Å². The summed E-state index contributed by atoms with van der Waals surface area (Å²) in [5, 5.41) is 2.85. The Morgan fingerprint density at radius 2 is 1.80 bits per heavy atom. The predicted molar refractivity (Wildman–Crippen MR) is 78.8 cm³/mol. The zero-order chi connectivity index (χ0) is 14.7. The number of ketones is 1. The molecule has 1 N–H and O–H groups in total. The van der Waals surface area contributed by atoms with E-state index in [9.17, 15) is 9.59 Å². The van der Waals surface area contributed by atoms with Crippen molar-refractivity contribution in [2.45, 2.75) is 40.5 Å². The van der Waals surface area contributed by atoms with Gasteiger partial charge in [-0.25, -0.2) is 0 Å². The van der Waals surface area contributed by atoms with Crippen LogP contribution in [0, 0.1) is 16.7 Å². The fourth-order valence-electron chi connectivity index (χ4n) is 3.56. The third kappa shape index (κ3) is 1.72. The van der Waals surface area contributed by atoms with Gasteiger partial charge in [0, 0.05) is 23.6 Å². The molecule has 0 aromatic heterocycles. The van der Waals surface area contributed by atoms with E-state index in [0.29, 0.717) is 6.42 Å². The number of hydrogen-bond donors (Lipinski definition) is 1. The number of rotatable bonds is 2. The second-order valence-corrected chi connectivity index (χ2v) is 7.16. The molecule has 1 aliphatic heterocycles. The summed E-state index contributed by atoms with van der Waals surface area (Å²) in [6.45, 7) is 8.64. The summed E-state index contributed by atoms with van der Waals surface area (Å²) in [6.07, 6.45) is 1.23. The molecule has 3 rings (SSSR count). The van der Waals surface area contributed by atoms with E-state index in [0.717, 1.165) is 23.2 Å². The Morgan fingerprint density at radius 1 is 1.15 bits per heavy atom. The maximum Gasteiger partial charge on any atom is 0.224 e. The molecule has 0 unspecified atom stereocenters. The van der Waals surface area contributed by atoms with Gasteiger partial charge in [0.1, 0.15) is 0 Å². The lowest BCUT2D eigenvalue weighted by Crippen LogP contribution is -2.19. The first-order valence-electron chi connectivity index (χ1n) is 7.22. The highest BCUT2D eigenvalue weighted by Crippen LogP contribution is 2.69. The van der Waals surface area contributed by atoms with Crippen molar-refractivity contribution in [3.05, 3.63) is 29.3 Å². The van der Waals surface area contributed by atoms with Gasteiger partial charge in [-0.15, -0.1) is 0 Å². The van der Waals surface area contributed by atoms with Gasteiger partial charge in [-0.05, 0) is 41.0 Å². The van der Waals surface area contributed by atoms with Crippen LogP contribution < -0.4 is 5.32 Å². The van der Waals surface area contributed by atoms with Crippen LogP contribution >= 0.6 is 0 Å². The van der Waals surface area contributed by atoms with Gasteiger partial charge in [0.2, 0.25) is 5.91 Å². The first kappa shape index (κ1) is 13.3. The van der Waals surface area contributed by atoms with Gasteiger partial charge in [0.05, 0.1) is 0 Å². The van der Waals surface area contributed by atoms with E-state index in [2.05, 4.69) is 33.0 Å². The van der Waals surface area contributed by atoms with Crippen molar-refractivity contribution in [2.75, 3.05) is 5.32 Å². The second kappa shape index (κ2) is 3.94. The molecular formula is C17H21NO2. The van der Waals surface area contributed by atoms with E-state index in [1.54, 1.807) is 0 Å². The average Bonchev–Trinajstić information content (AvgIpc) is 2.78. The summed E-state index contributed by atoms with van der Waals surface area (Å²) >= 11 is 0. The molecule has 1 amide bonds. The SMILES string of the molecule is CC1(C)C(C(=O)c2ccc3c(c2)CCC(=O)N3)C1(C)C. The molecule has 106 valence electrons. The standard InChI is InChI=1S/C17H21NO2/c1-16(2)15(17(16,3)4)14(20)11-5-7-12-10(9-11)6-8-13(19)18-12/h5,7,9,15H,6,8H2,1-4H3,(H,18,19). The van der Waals surface area contributed by atoms with E-state index < -0.39 is 0 Å². The summed E-state index contributed by atoms with van der Waals surface area (Å²) in [4.78, 5) is 24.1. The van der Waals surface area contributed by atoms with E-state index in [4.69, 9.17) is 0 Å². The highest BCUT2D eigenvalue weighted by atomic mass is 16.1. The predicted octanol–water partition coefficient (Wildman–Crippen LogP) is 3.44. The quantitative estimate of drug-likeness (QED) is 0.838. The van der Waals surface area contributed by atoms with Crippen LogP contribution in [-0.4, -0.2) is 11.7 Å². The van der Waals surface area contributed by atoms with Crippen LogP contribution in [0.25, 0.3) is 0 Å². The fourth-order valence-corrected chi connectivity index (χ4v) is 3.56. The van der Waals surface area contributed by atoms with Crippen molar-refractivity contribution in [2.24, 2.45) is 16.7 Å². The third-order valence-corrected chi connectivity index (χ3v) is 5.57. The van der Waals surface area contributed by atoms with Crippen molar-refractivity contribution in [1.82, 2.24) is 0 Å². The molecule has 20 heavy (non-hydrogen) atoms. The molecule has 0 bridgehead atoms. The molecule has 1 fully saturated rings. The van der Waals surface area contributed by atoms with Crippen LogP contribution in [0.4, 0.5) is 5.69 Å². The minimum atomic E-state index is 0.0565. The maximum atomic E-state index is 12.7. The second-order valence-electron chi connectivity index (χ2n) is 7.16. The first-order chi connectivity index (χ1) is 9.25. The molecule has 3 nitrogen and oxygen atoms in total. The van der Waals surface area contributed by atoms with Gasteiger partial charge in [-0.3, -0.25) is 9.59 Å². The number of aryl methyl sites for hydroxylation is 1. The molecule has 1 aromatic rings. The fraction of sp³-hybridized carbons (Fsp3) is 0.529. The smallest absolute Gasteiger partial charge is 0.224 e. The molecule has 0 atom stereocenters. The largest absolute Gasteiger partial charge is 0.326 e. The monoisotopic (exact) mass is 271 g/mol. The van der Waals surface area contributed by atoms with Gasteiger partial charge in [-0.2, -0.15) is 0 Å². The van der Waals surface area contributed by atoms with Gasteiger partial charge in [0.15, 0.2) is 5.78 Å². The minimum Gasteiger partial charge on any atom is -0.326 e. The highest BCUT2D eigenvalue weighted by Gasteiger charge is 2.67. The van der Waals surface area contributed by atoms with Crippen molar-refractivity contribution in [3.63, 3.8) is 0 Å². The van der Waals surface area contributed by atoms with Crippen LogP contribution in [-0.2, 0) is 11.2 Å². The van der Waals surface area contributed by atoms with Crippen LogP contribution in [0.1, 0.15) is 50.0 Å². The van der Waals surface area contributed by atoms with E-state index >= 15 is 0 Å². The van der Waals surface area contributed by atoms with E-state index in [-0.39, 0.29) is 28.4 Å². The first-order valence-corrected chi connectivity index (χ1v) is 7.22. The molecule has 1 aromatic carbocycles. The average molecular weight is 271 g/mol. The number of carbonyl (C=O) groups excluding carboxylic acids is 2. The van der Waals surface area contributed by atoms with E-state index in [1.807, 2.05) is 18.2 Å². The number of benzene rings is 1. The third-order valence-electron chi connectivity index (χ3n) is 5.57. The number of amides is 1. The zero-order valence-electron chi connectivity index (χ0n) is 12.5. The molecule has 0 saturated heterocycles. The highest BCUT2D eigenvalue weighted by molar-refractivity contribution is 6.02. The number of nitrogens with one attached hydrogen (secondary N) is 1. The van der Waals surface area contributed by atoms with Gasteiger partial charge in [0.25, 0.3) is 0 Å². The number of fused-ring (bicyclic) bond motifs is 1. The summed E-state index contributed by atoms with van der Waals surface area (Å²) < 4.78 is 0. The number of carbonyl (C=O) groups is 2. The van der Waals surface area contributed by atoms with E-state index in [1.165, 1.54) is 0 Å². The Bertz CT molecular complexity index is 599. The molecule has 1 aliphatic carbocycles. The molecular weight excluding hydrogens is 250 g/mol. The van der Waals surface area contributed by atoms with Crippen LogP contribution in [0.3, 0.4) is 0 Å². The summed E-state index contributed by atoms with van der Waals surface area (Å²) in [7, 11) is 0. The molecule has 2 aliphatic rings. The molecule has 0 radical (unpaired) electrons. The van der Waals surface area contributed by atoms with Crippen LogP contribution in [0.2, 0.25) is 0 Å². The van der Waals surface area contributed by atoms with Crippen LogP contribution in [0.15, 0.2) is 18.2 Å². The molecule has 3 heteroatoms. The molecule has 1 saturated carbocycles. The molecule has 0 spiro atoms. The Balaban J connectivity index is 1.90. The van der Waals surface area contributed by atoms with Crippen LogP contribution in [0.5, 0.6) is 0 Å². The van der Waals surface area contributed by atoms with Gasteiger partial charge >= 0.3 is 0 Å². The maximum absolute atomic E-state index is 12.7. The summed E-state index contributed by atoms with van der Waals surface area (Å²) in [5.74, 6) is 0.381. The van der Waals surface area contributed by atoms with Crippen molar-refractivity contribution >= 4 is 17.4 Å². The normalized spacial score (nSPS) is 22.9. The zero-order valence-corrected chi connectivity index (χ0v) is 12.5. The Labute approximate surface area is 119 Å². The Kier molecular flexibility index (Phi) is 2.63. The van der Waals surface area contributed by atoms with Crippen molar-refractivity contribution in [1.29, 1.82) is 0 Å². The van der Waals surface area contributed by atoms with Gasteiger partial charge < -0.3 is 5.32 Å². The lowest BCUT2D eigenvalue weighted by molar-refractivity contribution is -0.116. The number of hydrogen-bond acceptors (Lipinski definition) is 2. The number of anilines is 1. The van der Waals surface area contributed by atoms with Gasteiger partial charge in [-0.1, -0.05) is 27.7 Å². The summed E-state index contributed by atoms with van der Waals surface area (Å²) in [5.41, 5.74) is 2.84.